The molecule has 7 heteroatoms. The van der Waals surface area contributed by atoms with Gasteiger partial charge in [-0.3, -0.25) is 4.79 Å². The number of hydrogen-bond acceptors (Lipinski definition) is 4. The van der Waals surface area contributed by atoms with E-state index >= 15 is 0 Å². The van der Waals surface area contributed by atoms with Gasteiger partial charge in [-0.2, -0.15) is 0 Å². The number of aliphatic carboxylic acids is 1. The number of amides is 1. The van der Waals surface area contributed by atoms with E-state index in [0.717, 1.165) is 19.3 Å². The van der Waals surface area contributed by atoms with Crippen LogP contribution in [-0.4, -0.2) is 44.7 Å². The number of rotatable bonds is 2. The van der Waals surface area contributed by atoms with E-state index in [1.54, 1.807) is 0 Å². The van der Waals surface area contributed by atoms with E-state index in [2.05, 4.69) is 10.2 Å². The molecule has 0 radical (unpaired) electrons. The number of likely N-dealkylation sites (tertiary alicyclic amines) is 1. The second-order valence-corrected chi connectivity index (χ2v) is 4.83. The second kappa shape index (κ2) is 5.97. The van der Waals surface area contributed by atoms with E-state index in [0.29, 0.717) is 13.0 Å². The fourth-order valence-electron chi connectivity index (χ4n) is 2.19. The number of hydrogen-bond donors (Lipinski definition) is 1. The van der Waals surface area contributed by atoms with Crippen LogP contribution in [0.15, 0.2) is 12.1 Å². The Morgan fingerprint density at radius 1 is 1.26 bits per heavy atom. The summed E-state index contributed by atoms with van der Waals surface area (Å²) in [4.78, 5) is 24.9. The van der Waals surface area contributed by atoms with E-state index in [4.69, 9.17) is 11.6 Å². The van der Waals surface area contributed by atoms with Crippen LogP contribution in [0.3, 0.4) is 0 Å². The van der Waals surface area contributed by atoms with Gasteiger partial charge in [0, 0.05) is 6.54 Å². The van der Waals surface area contributed by atoms with Crippen LogP contribution in [0.4, 0.5) is 0 Å². The Hall–Kier alpha value is -1.69. The fraction of sp³-hybridized carbons (Fsp3) is 0.500. The van der Waals surface area contributed by atoms with Gasteiger partial charge in [0.1, 0.15) is 6.04 Å². The first-order chi connectivity index (χ1) is 9.09. The van der Waals surface area contributed by atoms with E-state index in [9.17, 15) is 14.7 Å². The minimum absolute atomic E-state index is 0.123. The Balaban J connectivity index is 2.23. The van der Waals surface area contributed by atoms with E-state index in [1.165, 1.54) is 17.0 Å². The average molecular weight is 284 g/mol. The molecule has 0 aromatic carbocycles. The second-order valence-electron chi connectivity index (χ2n) is 4.44. The highest BCUT2D eigenvalue weighted by atomic mass is 35.5. The number of aromatic nitrogens is 2. The Morgan fingerprint density at radius 2 is 2.05 bits per heavy atom. The molecule has 2 heterocycles. The SMILES string of the molecule is O=C(O)C1CCCCCN1C(=O)c1ccc(Cl)nn1. The molecule has 0 bridgehead atoms. The first kappa shape index (κ1) is 13.7. The number of carboxylic acid groups (broad SMARTS) is 1. The predicted octanol–water partition coefficient (Wildman–Crippen LogP) is 1.60. The van der Waals surface area contributed by atoms with Gasteiger partial charge in [0.25, 0.3) is 5.91 Å². The van der Waals surface area contributed by atoms with Crippen molar-refractivity contribution in [1.29, 1.82) is 0 Å². The Labute approximate surface area is 115 Å². The molecule has 0 spiro atoms. The predicted molar refractivity (Wildman–Crippen MR) is 68.0 cm³/mol. The minimum atomic E-state index is -0.975. The van der Waals surface area contributed by atoms with Crippen molar-refractivity contribution < 1.29 is 14.7 Å². The highest BCUT2D eigenvalue weighted by molar-refractivity contribution is 6.29. The maximum Gasteiger partial charge on any atom is 0.326 e. The molecule has 1 aliphatic rings. The third-order valence-corrected chi connectivity index (χ3v) is 3.35. The van der Waals surface area contributed by atoms with E-state index in [-0.39, 0.29) is 10.8 Å². The molecule has 6 nitrogen and oxygen atoms in total. The van der Waals surface area contributed by atoms with Crippen LogP contribution in [0.25, 0.3) is 0 Å². The largest absolute Gasteiger partial charge is 0.480 e. The van der Waals surface area contributed by atoms with Gasteiger partial charge in [-0.25, -0.2) is 4.79 Å². The molecule has 1 atom stereocenters. The number of nitrogens with zero attached hydrogens (tertiary/aromatic N) is 3. The van der Waals surface area contributed by atoms with E-state index < -0.39 is 17.9 Å². The number of carboxylic acids is 1. The number of halogens is 1. The zero-order valence-corrected chi connectivity index (χ0v) is 11.0. The van der Waals surface area contributed by atoms with Crippen molar-refractivity contribution >= 4 is 23.5 Å². The topological polar surface area (TPSA) is 83.4 Å². The van der Waals surface area contributed by atoms with Crippen LogP contribution in [0.5, 0.6) is 0 Å². The normalized spacial score (nSPS) is 19.8. The van der Waals surface area contributed by atoms with Gasteiger partial charge >= 0.3 is 5.97 Å². The van der Waals surface area contributed by atoms with Crippen LogP contribution in [0.1, 0.15) is 36.2 Å². The number of carbonyl (C=O) groups excluding carboxylic acids is 1. The molecule has 1 amide bonds. The fourth-order valence-corrected chi connectivity index (χ4v) is 2.29. The quantitative estimate of drug-likeness (QED) is 0.891. The van der Waals surface area contributed by atoms with Crippen LogP contribution >= 0.6 is 11.6 Å². The van der Waals surface area contributed by atoms with Crippen LogP contribution in [0, 0.1) is 0 Å². The smallest absolute Gasteiger partial charge is 0.326 e. The molecular formula is C12H14ClN3O3. The van der Waals surface area contributed by atoms with Crippen molar-refractivity contribution in [2.75, 3.05) is 6.54 Å². The van der Waals surface area contributed by atoms with Crippen molar-refractivity contribution in [3.05, 3.63) is 23.0 Å². The first-order valence-electron chi connectivity index (χ1n) is 6.12. The summed E-state index contributed by atoms with van der Waals surface area (Å²) < 4.78 is 0. The Morgan fingerprint density at radius 3 is 2.68 bits per heavy atom. The monoisotopic (exact) mass is 283 g/mol. The first-order valence-corrected chi connectivity index (χ1v) is 6.50. The van der Waals surface area contributed by atoms with Gasteiger partial charge in [-0.15, -0.1) is 10.2 Å². The molecule has 1 fully saturated rings. The molecule has 1 unspecified atom stereocenters. The van der Waals surface area contributed by atoms with Crippen LogP contribution in [-0.2, 0) is 4.79 Å². The molecule has 1 aliphatic heterocycles. The van der Waals surface area contributed by atoms with Gasteiger partial charge in [0.2, 0.25) is 0 Å². The Kier molecular flexibility index (Phi) is 4.31. The summed E-state index contributed by atoms with van der Waals surface area (Å²) in [5.74, 6) is -1.38. The highest BCUT2D eigenvalue weighted by Gasteiger charge is 2.31. The minimum Gasteiger partial charge on any atom is -0.480 e. The maximum absolute atomic E-state index is 12.3. The Bertz CT molecular complexity index is 478. The summed E-state index contributed by atoms with van der Waals surface area (Å²) in [6.07, 6.45) is 3.02. The van der Waals surface area contributed by atoms with Gasteiger partial charge in [0.15, 0.2) is 10.8 Å². The summed E-state index contributed by atoms with van der Waals surface area (Å²) in [6, 6.07) is 2.14. The van der Waals surface area contributed by atoms with E-state index in [1.807, 2.05) is 0 Å². The lowest BCUT2D eigenvalue weighted by Gasteiger charge is -2.26. The third kappa shape index (κ3) is 3.20. The van der Waals surface area contributed by atoms with Crippen molar-refractivity contribution in [2.45, 2.75) is 31.7 Å². The molecule has 102 valence electrons. The maximum atomic E-state index is 12.3. The summed E-state index contributed by atoms with van der Waals surface area (Å²) in [5, 5.41) is 16.7. The molecule has 0 saturated carbocycles. The molecule has 1 aromatic heterocycles. The summed E-state index contributed by atoms with van der Waals surface area (Å²) >= 11 is 5.61. The summed E-state index contributed by atoms with van der Waals surface area (Å²) in [7, 11) is 0. The van der Waals surface area contributed by atoms with Crippen LogP contribution in [0.2, 0.25) is 5.15 Å². The molecule has 1 saturated heterocycles. The van der Waals surface area contributed by atoms with Crippen molar-refractivity contribution in [2.24, 2.45) is 0 Å². The van der Waals surface area contributed by atoms with Crippen molar-refractivity contribution in [3.8, 4) is 0 Å². The lowest BCUT2D eigenvalue weighted by molar-refractivity contribution is -0.142. The third-order valence-electron chi connectivity index (χ3n) is 3.15. The zero-order chi connectivity index (χ0) is 13.8. The lowest BCUT2D eigenvalue weighted by Crippen LogP contribution is -2.45. The standard InChI is InChI=1S/C12H14ClN3O3/c13-10-6-5-8(14-15-10)11(17)16-7-3-1-2-4-9(16)12(18)19/h5-6,9H,1-4,7H2,(H,18,19). The zero-order valence-electron chi connectivity index (χ0n) is 10.3. The molecule has 2 rings (SSSR count). The average Bonchev–Trinajstić information content (AvgIpc) is 2.64. The van der Waals surface area contributed by atoms with Gasteiger partial charge in [-0.1, -0.05) is 24.4 Å². The number of carbonyl (C=O) groups is 2. The molecule has 0 aliphatic carbocycles. The van der Waals surface area contributed by atoms with Gasteiger partial charge < -0.3 is 10.0 Å². The molecule has 19 heavy (non-hydrogen) atoms. The summed E-state index contributed by atoms with van der Waals surface area (Å²) in [6.45, 7) is 0.431. The lowest BCUT2D eigenvalue weighted by atomic mass is 10.1. The summed E-state index contributed by atoms with van der Waals surface area (Å²) in [5.41, 5.74) is 0.123. The molecular weight excluding hydrogens is 270 g/mol. The van der Waals surface area contributed by atoms with Crippen molar-refractivity contribution in [3.63, 3.8) is 0 Å². The highest BCUT2D eigenvalue weighted by Crippen LogP contribution is 2.19. The van der Waals surface area contributed by atoms with Crippen molar-refractivity contribution in [1.82, 2.24) is 15.1 Å². The van der Waals surface area contributed by atoms with Gasteiger partial charge in [-0.05, 0) is 25.0 Å². The molecule has 1 N–H and O–H groups in total. The van der Waals surface area contributed by atoms with Crippen LogP contribution < -0.4 is 0 Å². The van der Waals surface area contributed by atoms with Gasteiger partial charge in [0.05, 0.1) is 0 Å². The molecule has 1 aromatic rings.